The number of hydrogen-bond acceptors (Lipinski definition) is 1. The first-order chi connectivity index (χ1) is 12.3. The largest absolute Gasteiger partial charge is 0.350 e. The van der Waals surface area contributed by atoms with E-state index in [1.807, 2.05) is 23.0 Å². The maximum atomic E-state index is 12.1. The Morgan fingerprint density at radius 3 is 2.48 bits per heavy atom. The first-order valence-corrected chi connectivity index (χ1v) is 9.26. The van der Waals surface area contributed by atoms with Gasteiger partial charge in [-0.2, -0.15) is 4.57 Å². The second kappa shape index (κ2) is 9.16. The summed E-state index contributed by atoms with van der Waals surface area (Å²) >= 11 is 0. The number of rotatable bonds is 7. The maximum absolute atomic E-state index is 12.1. The van der Waals surface area contributed by atoms with E-state index in [9.17, 15) is 4.79 Å². The number of carbonyl (C=O) groups excluding carboxylic acids is 1. The molecule has 3 nitrogen and oxygen atoms in total. The number of nitrogens with zero attached hydrogens (tertiary/aromatic N) is 1. The highest BCUT2D eigenvalue weighted by atomic mass is 16.1. The summed E-state index contributed by atoms with van der Waals surface area (Å²) in [6.45, 7) is 1.13. The minimum Gasteiger partial charge on any atom is -0.350 e. The molecular formula is C22H27N2O+. The van der Waals surface area contributed by atoms with Crippen LogP contribution in [0.1, 0.15) is 43.2 Å². The molecule has 1 aromatic heterocycles. The molecule has 0 radical (unpaired) electrons. The summed E-state index contributed by atoms with van der Waals surface area (Å²) in [4.78, 5) is 12.1. The van der Waals surface area contributed by atoms with Crippen molar-refractivity contribution in [2.75, 3.05) is 6.54 Å². The van der Waals surface area contributed by atoms with Crippen LogP contribution in [0.3, 0.4) is 0 Å². The maximum Gasteiger partial charge on any atom is 0.285 e. The molecular weight excluding hydrogens is 308 g/mol. The molecule has 0 aliphatic heterocycles. The Morgan fingerprint density at radius 1 is 1.00 bits per heavy atom. The van der Waals surface area contributed by atoms with Crippen molar-refractivity contribution in [2.24, 2.45) is 0 Å². The molecule has 2 aromatic rings. The predicted octanol–water partition coefficient (Wildman–Crippen LogP) is 3.57. The fourth-order valence-electron chi connectivity index (χ4n) is 3.26. The molecule has 25 heavy (non-hydrogen) atoms. The standard InChI is InChI=1S/C22H26N2O/c25-22(23-14-11-19-7-3-1-4-8-19)18-24-15-12-21(13-16-24)17-20-9-5-2-6-10-20/h2,5-7,9-10,12-13,15-16H,1,3-4,8,11,14,17-18H2/p+1. The molecule has 3 heteroatoms. The Kier molecular flexibility index (Phi) is 6.38. The van der Waals surface area contributed by atoms with E-state index < -0.39 is 0 Å². The van der Waals surface area contributed by atoms with Crippen LogP contribution in [-0.2, 0) is 17.8 Å². The summed E-state index contributed by atoms with van der Waals surface area (Å²) < 4.78 is 1.93. The SMILES string of the molecule is O=C(C[n+]1ccc(Cc2ccccc2)cc1)NCCC1=CCCCC1. The summed E-state index contributed by atoms with van der Waals surface area (Å²) in [5.41, 5.74) is 4.06. The lowest BCUT2D eigenvalue weighted by atomic mass is 9.97. The minimum absolute atomic E-state index is 0.0808. The van der Waals surface area contributed by atoms with Crippen LogP contribution >= 0.6 is 0 Å². The van der Waals surface area contributed by atoms with E-state index in [0.29, 0.717) is 6.54 Å². The number of pyridine rings is 1. The Hall–Kier alpha value is -2.42. The van der Waals surface area contributed by atoms with Crippen LogP contribution in [0.25, 0.3) is 0 Å². The molecule has 3 rings (SSSR count). The highest BCUT2D eigenvalue weighted by Crippen LogP contribution is 2.19. The van der Waals surface area contributed by atoms with Gasteiger partial charge in [-0.25, -0.2) is 0 Å². The number of allylic oxidation sites excluding steroid dienone is 1. The molecule has 0 fully saturated rings. The number of benzene rings is 1. The van der Waals surface area contributed by atoms with E-state index >= 15 is 0 Å². The van der Waals surface area contributed by atoms with Crippen molar-refractivity contribution in [3.8, 4) is 0 Å². The summed E-state index contributed by atoms with van der Waals surface area (Å²) in [6.07, 6.45) is 13.2. The second-order valence-electron chi connectivity index (χ2n) is 6.75. The molecule has 1 aliphatic carbocycles. The molecule has 0 saturated carbocycles. The van der Waals surface area contributed by atoms with Crippen molar-refractivity contribution in [1.29, 1.82) is 0 Å². The molecule has 0 bridgehead atoms. The molecule has 1 aliphatic rings. The Balaban J connectivity index is 1.43. The number of amides is 1. The van der Waals surface area contributed by atoms with Gasteiger partial charge in [0.2, 0.25) is 6.54 Å². The van der Waals surface area contributed by atoms with Crippen LogP contribution in [0.15, 0.2) is 66.5 Å². The van der Waals surface area contributed by atoms with Crippen LogP contribution in [0.2, 0.25) is 0 Å². The molecule has 1 N–H and O–H groups in total. The highest BCUT2D eigenvalue weighted by Gasteiger charge is 2.10. The van der Waals surface area contributed by atoms with Gasteiger partial charge < -0.3 is 5.32 Å². The lowest BCUT2D eigenvalue weighted by molar-refractivity contribution is -0.684. The normalized spacial score (nSPS) is 14.0. The first-order valence-electron chi connectivity index (χ1n) is 9.26. The summed E-state index contributed by atoms with van der Waals surface area (Å²) in [5, 5.41) is 3.03. The average Bonchev–Trinajstić information content (AvgIpc) is 2.65. The predicted molar refractivity (Wildman–Crippen MR) is 100 cm³/mol. The van der Waals surface area contributed by atoms with Crippen LogP contribution in [-0.4, -0.2) is 12.5 Å². The Labute approximate surface area is 150 Å². The van der Waals surface area contributed by atoms with Crippen molar-refractivity contribution >= 4 is 5.91 Å². The van der Waals surface area contributed by atoms with Crippen molar-refractivity contribution in [3.63, 3.8) is 0 Å². The molecule has 1 heterocycles. The monoisotopic (exact) mass is 335 g/mol. The smallest absolute Gasteiger partial charge is 0.285 e. The molecule has 0 saturated heterocycles. The van der Waals surface area contributed by atoms with Crippen LogP contribution < -0.4 is 9.88 Å². The quantitative estimate of drug-likeness (QED) is 0.609. The minimum atomic E-state index is 0.0808. The van der Waals surface area contributed by atoms with E-state index in [0.717, 1.165) is 19.4 Å². The van der Waals surface area contributed by atoms with Gasteiger partial charge in [-0.05, 0) is 49.7 Å². The number of carbonyl (C=O) groups is 1. The summed E-state index contributed by atoms with van der Waals surface area (Å²) in [6, 6.07) is 14.6. The van der Waals surface area contributed by atoms with E-state index in [1.54, 1.807) is 0 Å². The van der Waals surface area contributed by atoms with Gasteiger partial charge >= 0.3 is 0 Å². The zero-order valence-corrected chi connectivity index (χ0v) is 14.8. The molecule has 0 atom stereocenters. The first kappa shape index (κ1) is 17.4. The van der Waals surface area contributed by atoms with Gasteiger partial charge in [0.25, 0.3) is 5.91 Å². The third-order valence-electron chi connectivity index (χ3n) is 4.69. The van der Waals surface area contributed by atoms with Crippen molar-refractivity contribution in [2.45, 2.75) is 45.1 Å². The Bertz CT molecular complexity index is 705. The van der Waals surface area contributed by atoms with E-state index in [2.05, 4.69) is 47.8 Å². The number of hydrogen-bond donors (Lipinski definition) is 1. The highest BCUT2D eigenvalue weighted by molar-refractivity contribution is 5.74. The zero-order chi connectivity index (χ0) is 17.3. The number of aromatic nitrogens is 1. The molecule has 1 amide bonds. The fourth-order valence-corrected chi connectivity index (χ4v) is 3.26. The van der Waals surface area contributed by atoms with E-state index in [-0.39, 0.29) is 5.91 Å². The topological polar surface area (TPSA) is 33.0 Å². The molecule has 130 valence electrons. The van der Waals surface area contributed by atoms with Gasteiger partial charge in [-0.3, -0.25) is 4.79 Å². The lowest BCUT2D eigenvalue weighted by Crippen LogP contribution is -2.42. The van der Waals surface area contributed by atoms with Crippen molar-refractivity contribution < 1.29 is 9.36 Å². The van der Waals surface area contributed by atoms with Crippen molar-refractivity contribution in [1.82, 2.24) is 5.32 Å². The average molecular weight is 335 g/mol. The lowest BCUT2D eigenvalue weighted by Gasteiger charge is -2.12. The van der Waals surface area contributed by atoms with E-state index in [1.165, 1.54) is 42.4 Å². The van der Waals surface area contributed by atoms with Gasteiger partial charge in [0.1, 0.15) is 0 Å². The van der Waals surface area contributed by atoms with Gasteiger partial charge in [0, 0.05) is 18.7 Å². The molecule has 1 aromatic carbocycles. The van der Waals surface area contributed by atoms with Gasteiger partial charge in [0.15, 0.2) is 12.4 Å². The van der Waals surface area contributed by atoms with Gasteiger partial charge in [0.05, 0.1) is 0 Å². The third-order valence-corrected chi connectivity index (χ3v) is 4.69. The fraction of sp³-hybridized carbons (Fsp3) is 0.364. The summed E-state index contributed by atoms with van der Waals surface area (Å²) in [7, 11) is 0. The second-order valence-corrected chi connectivity index (χ2v) is 6.75. The van der Waals surface area contributed by atoms with Crippen LogP contribution in [0.4, 0.5) is 0 Å². The Morgan fingerprint density at radius 2 is 1.76 bits per heavy atom. The third kappa shape index (κ3) is 5.86. The summed E-state index contributed by atoms with van der Waals surface area (Å²) in [5.74, 6) is 0.0808. The van der Waals surface area contributed by atoms with Crippen LogP contribution in [0.5, 0.6) is 0 Å². The molecule has 0 spiro atoms. The number of nitrogens with one attached hydrogen (secondary N) is 1. The van der Waals surface area contributed by atoms with Crippen LogP contribution in [0, 0.1) is 0 Å². The van der Waals surface area contributed by atoms with Gasteiger partial charge in [-0.15, -0.1) is 0 Å². The van der Waals surface area contributed by atoms with Gasteiger partial charge in [-0.1, -0.05) is 42.0 Å². The zero-order valence-electron chi connectivity index (χ0n) is 14.8. The van der Waals surface area contributed by atoms with E-state index in [4.69, 9.17) is 0 Å². The molecule has 0 unspecified atom stereocenters. The van der Waals surface area contributed by atoms with Crippen molar-refractivity contribution in [3.05, 3.63) is 77.6 Å².